The van der Waals surface area contributed by atoms with Gasteiger partial charge in [0, 0.05) is 13.1 Å². The van der Waals surface area contributed by atoms with Gasteiger partial charge in [-0.2, -0.15) is 0 Å². The summed E-state index contributed by atoms with van der Waals surface area (Å²) < 4.78 is 5.15. The summed E-state index contributed by atoms with van der Waals surface area (Å²) in [6.45, 7) is 4.51. The molecule has 1 aromatic carbocycles. The van der Waals surface area contributed by atoms with Gasteiger partial charge in [-0.05, 0) is 30.5 Å². The van der Waals surface area contributed by atoms with Gasteiger partial charge in [0.15, 0.2) is 6.61 Å². The van der Waals surface area contributed by atoms with Crippen molar-refractivity contribution < 1.29 is 24.2 Å². The first-order valence-electron chi connectivity index (χ1n) is 9.54. The first kappa shape index (κ1) is 20.1. The molecule has 3 N–H and O–H groups in total. The summed E-state index contributed by atoms with van der Waals surface area (Å²) in [5.74, 6) is -0.793. The highest BCUT2D eigenvalue weighted by Gasteiger charge is 2.50. The highest BCUT2D eigenvalue weighted by atomic mass is 16.5. The maximum atomic E-state index is 12.8. The van der Waals surface area contributed by atoms with Gasteiger partial charge in [0.1, 0.15) is 18.0 Å². The molecule has 1 aromatic rings. The Bertz CT molecular complexity index is 738. The van der Waals surface area contributed by atoms with Crippen LogP contribution in [0, 0.1) is 0 Å². The molecule has 0 radical (unpaired) electrons. The lowest BCUT2D eigenvalue weighted by atomic mass is 10.1. The van der Waals surface area contributed by atoms with Crippen LogP contribution in [-0.4, -0.2) is 64.7 Å². The molecule has 3 unspecified atom stereocenters. The molecule has 0 aliphatic carbocycles. The number of ether oxygens (including phenoxy) is 1. The van der Waals surface area contributed by atoms with Crippen molar-refractivity contribution >= 4 is 17.9 Å². The smallest absolute Gasteiger partial charge is 0.341 e. The average Bonchev–Trinajstić information content (AvgIpc) is 3.13. The van der Waals surface area contributed by atoms with Crippen molar-refractivity contribution in [2.45, 2.75) is 45.1 Å². The molecule has 152 valence electrons. The van der Waals surface area contributed by atoms with Gasteiger partial charge in [0.2, 0.25) is 0 Å². The van der Waals surface area contributed by atoms with E-state index in [0.717, 1.165) is 12.0 Å². The number of carboxylic acids is 1. The molecule has 9 nitrogen and oxygen atoms in total. The first-order chi connectivity index (χ1) is 13.5. The number of carbonyl (C=O) groups excluding carboxylic acids is 2. The SMILES string of the molecule is CCCN1C(=O)C2NC(c3ccc(OCC(=O)O)cc3)NC2N(CCC)C1=O. The van der Waals surface area contributed by atoms with E-state index in [1.54, 1.807) is 29.2 Å². The average molecular weight is 390 g/mol. The number of urea groups is 1. The summed E-state index contributed by atoms with van der Waals surface area (Å²) in [4.78, 5) is 39.3. The van der Waals surface area contributed by atoms with Gasteiger partial charge in [-0.1, -0.05) is 26.0 Å². The molecule has 0 bridgehead atoms. The van der Waals surface area contributed by atoms with Crippen molar-refractivity contribution in [3.63, 3.8) is 0 Å². The minimum absolute atomic E-state index is 0.208. The molecule has 28 heavy (non-hydrogen) atoms. The van der Waals surface area contributed by atoms with Crippen LogP contribution < -0.4 is 15.4 Å². The van der Waals surface area contributed by atoms with Crippen molar-refractivity contribution in [3.05, 3.63) is 29.8 Å². The van der Waals surface area contributed by atoms with E-state index in [1.807, 2.05) is 13.8 Å². The van der Waals surface area contributed by atoms with Gasteiger partial charge in [-0.3, -0.25) is 20.3 Å². The molecule has 2 aliphatic rings. The molecule has 3 atom stereocenters. The Kier molecular flexibility index (Phi) is 6.15. The van der Waals surface area contributed by atoms with Crippen molar-refractivity contribution in [2.75, 3.05) is 19.7 Å². The van der Waals surface area contributed by atoms with Crippen LogP contribution in [0.4, 0.5) is 4.79 Å². The maximum Gasteiger partial charge on any atom is 0.341 e. The predicted molar refractivity (Wildman–Crippen MR) is 101 cm³/mol. The molecule has 3 amide bonds. The fraction of sp³-hybridized carbons (Fsp3) is 0.526. The van der Waals surface area contributed by atoms with E-state index in [2.05, 4.69) is 10.6 Å². The summed E-state index contributed by atoms with van der Waals surface area (Å²) >= 11 is 0. The number of carbonyl (C=O) groups is 3. The second-order valence-electron chi connectivity index (χ2n) is 6.91. The fourth-order valence-corrected chi connectivity index (χ4v) is 3.60. The number of fused-ring (bicyclic) bond motifs is 1. The zero-order valence-corrected chi connectivity index (χ0v) is 16.1. The minimum Gasteiger partial charge on any atom is -0.482 e. The zero-order valence-electron chi connectivity index (χ0n) is 16.1. The van der Waals surface area contributed by atoms with Crippen LogP contribution >= 0.6 is 0 Å². The van der Waals surface area contributed by atoms with Gasteiger partial charge in [0.25, 0.3) is 5.91 Å². The number of rotatable bonds is 8. The number of aliphatic carboxylic acids is 1. The number of imide groups is 1. The predicted octanol–water partition coefficient (Wildman–Crippen LogP) is 1.12. The quantitative estimate of drug-likeness (QED) is 0.610. The van der Waals surface area contributed by atoms with E-state index >= 15 is 0 Å². The zero-order chi connectivity index (χ0) is 20.3. The number of amides is 3. The molecule has 9 heteroatoms. The molecular weight excluding hydrogens is 364 g/mol. The standard InChI is InChI=1S/C19H26N4O5/c1-3-9-22-17-15(18(26)23(10-4-2)19(22)27)20-16(21-17)12-5-7-13(8-6-12)28-11-14(24)25/h5-8,15-17,20-21H,3-4,9-11H2,1-2H3,(H,24,25). The monoisotopic (exact) mass is 390 g/mol. The number of benzene rings is 1. The minimum atomic E-state index is -1.04. The van der Waals surface area contributed by atoms with Gasteiger partial charge >= 0.3 is 12.0 Å². The summed E-state index contributed by atoms with van der Waals surface area (Å²) in [6.07, 6.45) is 0.802. The van der Waals surface area contributed by atoms with Crippen LogP contribution in [0.15, 0.2) is 24.3 Å². The Morgan fingerprint density at radius 2 is 1.79 bits per heavy atom. The Morgan fingerprint density at radius 3 is 2.39 bits per heavy atom. The van der Waals surface area contributed by atoms with E-state index in [9.17, 15) is 14.4 Å². The van der Waals surface area contributed by atoms with Crippen LogP contribution in [0.3, 0.4) is 0 Å². The Morgan fingerprint density at radius 1 is 1.11 bits per heavy atom. The van der Waals surface area contributed by atoms with E-state index in [1.165, 1.54) is 4.90 Å². The Balaban J connectivity index is 1.76. The van der Waals surface area contributed by atoms with Crippen LogP contribution in [0.5, 0.6) is 5.75 Å². The summed E-state index contributed by atoms with van der Waals surface area (Å²) in [7, 11) is 0. The molecule has 2 saturated heterocycles. The van der Waals surface area contributed by atoms with E-state index < -0.39 is 24.8 Å². The largest absolute Gasteiger partial charge is 0.482 e. The van der Waals surface area contributed by atoms with Crippen molar-refractivity contribution in [1.82, 2.24) is 20.4 Å². The fourth-order valence-electron chi connectivity index (χ4n) is 3.60. The third-order valence-electron chi connectivity index (χ3n) is 4.83. The molecule has 3 rings (SSSR count). The van der Waals surface area contributed by atoms with Crippen LogP contribution in [0.2, 0.25) is 0 Å². The number of nitrogens with one attached hydrogen (secondary N) is 2. The molecule has 0 aromatic heterocycles. The van der Waals surface area contributed by atoms with Crippen molar-refractivity contribution in [3.8, 4) is 5.75 Å². The highest BCUT2D eigenvalue weighted by Crippen LogP contribution is 2.27. The van der Waals surface area contributed by atoms with Gasteiger partial charge in [-0.15, -0.1) is 0 Å². The Hall–Kier alpha value is -2.65. The van der Waals surface area contributed by atoms with Crippen LogP contribution in [0.1, 0.15) is 38.4 Å². The lowest BCUT2D eigenvalue weighted by Crippen LogP contribution is -2.67. The normalized spacial score (nSPS) is 24.4. The van der Waals surface area contributed by atoms with Crippen LogP contribution in [-0.2, 0) is 9.59 Å². The molecule has 0 spiro atoms. The molecule has 0 saturated carbocycles. The van der Waals surface area contributed by atoms with E-state index in [4.69, 9.17) is 9.84 Å². The molecule has 2 fully saturated rings. The molecule has 2 heterocycles. The summed E-state index contributed by atoms with van der Waals surface area (Å²) in [5, 5.41) is 15.3. The maximum absolute atomic E-state index is 12.8. The number of nitrogens with zero attached hydrogens (tertiary/aromatic N) is 2. The number of carboxylic acid groups (broad SMARTS) is 1. The van der Waals surface area contributed by atoms with E-state index in [0.29, 0.717) is 25.3 Å². The second kappa shape index (κ2) is 8.57. The lowest BCUT2D eigenvalue weighted by Gasteiger charge is -2.41. The van der Waals surface area contributed by atoms with Gasteiger partial charge in [-0.25, -0.2) is 9.59 Å². The lowest BCUT2D eigenvalue weighted by molar-refractivity contribution is -0.139. The van der Waals surface area contributed by atoms with Crippen LogP contribution in [0.25, 0.3) is 0 Å². The molecule has 2 aliphatic heterocycles. The topological polar surface area (TPSA) is 111 Å². The third-order valence-corrected chi connectivity index (χ3v) is 4.83. The van der Waals surface area contributed by atoms with E-state index in [-0.39, 0.29) is 18.1 Å². The summed E-state index contributed by atoms with van der Waals surface area (Å²) in [6, 6.07) is 6.22. The number of hydrogen-bond acceptors (Lipinski definition) is 6. The van der Waals surface area contributed by atoms with Gasteiger partial charge in [0.05, 0.1) is 6.17 Å². The third kappa shape index (κ3) is 3.95. The Labute approximate surface area is 163 Å². The van der Waals surface area contributed by atoms with Gasteiger partial charge < -0.3 is 14.7 Å². The first-order valence-corrected chi connectivity index (χ1v) is 9.54. The van der Waals surface area contributed by atoms with Crippen molar-refractivity contribution in [1.29, 1.82) is 0 Å². The van der Waals surface area contributed by atoms with Crippen molar-refractivity contribution in [2.24, 2.45) is 0 Å². The highest BCUT2D eigenvalue weighted by molar-refractivity contribution is 6.00. The summed E-state index contributed by atoms with van der Waals surface area (Å²) in [5.41, 5.74) is 0.871. The number of hydrogen-bond donors (Lipinski definition) is 3. The molecular formula is C19H26N4O5. The second-order valence-corrected chi connectivity index (χ2v) is 6.91.